The summed E-state index contributed by atoms with van der Waals surface area (Å²) in [6, 6.07) is 0.439. The zero-order valence-electron chi connectivity index (χ0n) is 9.05. The van der Waals surface area contributed by atoms with Crippen molar-refractivity contribution in [3.8, 4) is 0 Å². The van der Waals surface area contributed by atoms with Crippen LogP contribution in [0.1, 0.15) is 40.5 Å². The Morgan fingerprint density at radius 3 is 2.38 bits per heavy atom. The van der Waals surface area contributed by atoms with Gasteiger partial charge >= 0.3 is 0 Å². The smallest absolute Gasteiger partial charge is 0.178 e. The molecular formula is C11H19NO. The second kappa shape index (κ2) is 3.95. The molecule has 0 amide bonds. The fourth-order valence-corrected chi connectivity index (χ4v) is 1.88. The largest absolute Gasteiger partial charge is 0.366 e. The molecule has 1 rings (SSSR count). The number of hydrogen-bond donors (Lipinski definition) is 0. The molecule has 1 aliphatic rings. The van der Waals surface area contributed by atoms with Gasteiger partial charge in [-0.2, -0.15) is 0 Å². The molecule has 0 unspecified atom stereocenters. The van der Waals surface area contributed by atoms with Crippen LogP contribution in [-0.2, 0) is 4.79 Å². The summed E-state index contributed by atoms with van der Waals surface area (Å²) < 4.78 is 0. The molecular weight excluding hydrogens is 162 g/mol. The molecule has 0 aromatic heterocycles. The number of piperidine rings is 1. The Hall–Kier alpha value is -0.790. The van der Waals surface area contributed by atoms with Gasteiger partial charge in [0.15, 0.2) is 5.78 Å². The van der Waals surface area contributed by atoms with Gasteiger partial charge in [-0.3, -0.25) is 4.79 Å². The van der Waals surface area contributed by atoms with E-state index in [0.717, 1.165) is 30.7 Å². The number of carbonyl (C=O) groups excluding carboxylic acids is 1. The first-order valence-electron chi connectivity index (χ1n) is 5.01. The predicted octanol–water partition coefficient (Wildman–Crippen LogP) is 2.35. The van der Waals surface area contributed by atoms with Crippen molar-refractivity contribution in [1.29, 1.82) is 0 Å². The lowest BCUT2D eigenvalue weighted by atomic mass is 10.0. The SMILES string of the molecule is CC(C)=C1C(=O)CCCN1C(C)C. The van der Waals surface area contributed by atoms with Gasteiger partial charge in [-0.25, -0.2) is 0 Å². The lowest BCUT2D eigenvalue weighted by Crippen LogP contribution is -2.38. The standard InChI is InChI=1S/C11H19NO/c1-8(2)11-10(13)6-5-7-12(11)9(3)4/h9H,5-7H2,1-4H3. The van der Waals surface area contributed by atoms with Gasteiger partial charge in [-0.1, -0.05) is 0 Å². The van der Waals surface area contributed by atoms with Crippen molar-refractivity contribution < 1.29 is 4.79 Å². The van der Waals surface area contributed by atoms with Gasteiger partial charge < -0.3 is 4.90 Å². The first-order valence-corrected chi connectivity index (χ1v) is 5.01. The summed E-state index contributed by atoms with van der Waals surface area (Å²) in [7, 11) is 0. The van der Waals surface area contributed by atoms with Crippen LogP contribution in [0.15, 0.2) is 11.3 Å². The second-order valence-electron chi connectivity index (χ2n) is 4.16. The van der Waals surface area contributed by atoms with Crippen molar-refractivity contribution in [2.45, 2.75) is 46.6 Å². The summed E-state index contributed by atoms with van der Waals surface area (Å²) in [5, 5.41) is 0. The van der Waals surface area contributed by atoms with Crippen molar-refractivity contribution in [3.63, 3.8) is 0 Å². The minimum atomic E-state index is 0.319. The van der Waals surface area contributed by atoms with E-state index in [0.29, 0.717) is 11.8 Å². The first-order chi connectivity index (χ1) is 6.04. The normalized spacial score (nSPS) is 18.4. The molecule has 2 heteroatoms. The number of Topliss-reactive ketones (excluding diaryl/α,β-unsaturated/α-hetero) is 1. The van der Waals surface area contributed by atoms with Gasteiger partial charge in [0.25, 0.3) is 0 Å². The van der Waals surface area contributed by atoms with Crippen molar-refractivity contribution >= 4 is 5.78 Å². The Labute approximate surface area is 80.6 Å². The third kappa shape index (κ3) is 2.11. The molecule has 1 saturated heterocycles. The average molecular weight is 181 g/mol. The van der Waals surface area contributed by atoms with E-state index < -0.39 is 0 Å². The zero-order chi connectivity index (χ0) is 10.0. The van der Waals surface area contributed by atoms with Gasteiger partial charge in [0.2, 0.25) is 0 Å². The molecule has 0 N–H and O–H groups in total. The number of ketones is 1. The lowest BCUT2D eigenvalue weighted by molar-refractivity contribution is -0.119. The van der Waals surface area contributed by atoms with E-state index in [4.69, 9.17) is 0 Å². The zero-order valence-corrected chi connectivity index (χ0v) is 9.05. The Morgan fingerprint density at radius 1 is 1.38 bits per heavy atom. The Kier molecular flexibility index (Phi) is 3.12. The van der Waals surface area contributed by atoms with Crippen LogP contribution in [0.4, 0.5) is 0 Å². The summed E-state index contributed by atoms with van der Waals surface area (Å²) in [5.41, 5.74) is 2.11. The van der Waals surface area contributed by atoms with E-state index in [-0.39, 0.29) is 0 Å². The van der Waals surface area contributed by atoms with Crippen LogP contribution in [0.2, 0.25) is 0 Å². The summed E-state index contributed by atoms with van der Waals surface area (Å²) >= 11 is 0. The highest BCUT2D eigenvalue weighted by atomic mass is 16.1. The quantitative estimate of drug-likeness (QED) is 0.579. The van der Waals surface area contributed by atoms with Crippen LogP contribution >= 0.6 is 0 Å². The van der Waals surface area contributed by atoms with Crippen LogP contribution in [-0.4, -0.2) is 23.3 Å². The molecule has 0 radical (unpaired) electrons. The summed E-state index contributed by atoms with van der Waals surface area (Å²) in [6.07, 6.45) is 1.73. The van der Waals surface area contributed by atoms with Crippen LogP contribution in [0, 0.1) is 0 Å². The van der Waals surface area contributed by atoms with E-state index in [1.807, 2.05) is 13.8 Å². The number of nitrogens with zero attached hydrogens (tertiary/aromatic N) is 1. The minimum Gasteiger partial charge on any atom is -0.366 e. The van der Waals surface area contributed by atoms with Crippen LogP contribution in [0.25, 0.3) is 0 Å². The number of rotatable bonds is 1. The highest BCUT2D eigenvalue weighted by Gasteiger charge is 2.24. The van der Waals surface area contributed by atoms with Gasteiger partial charge in [0.1, 0.15) is 0 Å². The molecule has 0 atom stereocenters. The maximum Gasteiger partial charge on any atom is 0.178 e. The van der Waals surface area contributed by atoms with Gasteiger partial charge in [0.05, 0.1) is 5.70 Å². The van der Waals surface area contributed by atoms with Gasteiger partial charge in [-0.05, 0) is 39.7 Å². The van der Waals surface area contributed by atoms with Crippen molar-refractivity contribution in [2.24, 2.45) is 0 Å². The maximum absolute atomic E-state index is 11.7. The average Bonchev–Trinajstić information content (AvgIpc) is 2.02. The fraction of sp³-hybridized carbons (Fsp3) is 0.727. The van der Waals surface area contributed by atoms with E-state index >= 15 is 0 Å². The molecule has 0 bridgehead atoms. The summed E-state index contributed by atoms with van der Waals surface area (Å²) in [5.74, 6) is 0.319. The molecule has 1 aliphatic heterocycles. The second-order valence-corrected chi connectivity index (χ2v) is 4.16. The van der Waals surface area contributed by atoms with Crippen molar-refractivity contribution in [2.75, 3.05) is 6.54 Å². The molecule has 13 heavy (non-hydrogen) atoms. The molecule has 74 valence electrons. The lowest BCUT2D eigenvalue weighted by Gasteiger charge is -2.35. The van der Waals surface area contributed by atoms with Gasteiger partial charge in [-0.15, -0.1) is 0 Å². The molecule has 2 nitrogen and oxygen atoms in total. The highest BCUT2D eigenvalue weighted by Crippen LogP contribution is 2.22. The molecule has 1 fully saturated rings. The third-order valence-electron chi connectivity index (χ3n) is 2.45. The molecule has 0 aromatic carbocycles. The minimum absolute atomic E-state index is 0.319. The maximum atomic E-state index is 11.7. The van der Waals surface area contributed by atoms with Crippen LogP contribution in [0.5, 0.6) is 0 Å². The van der Waals surface area contributed by atoms with Crippen LogP contribution in [0.3, 0.4) is 0 Å². The van der Waals surface area contributed by atoms with E-state index in [9.17, 15) is 4.79 Å². The number of allylic oxidation sites excluding steroid dienone is 2. The van der Waals surface area contributed by atoms with E-state index in [2.05, 4.69) is 18.7 Å². The molecule has 0 saturated carbocycles. The van der Waals surface area contributed by atoms with E-state index in [1.165, 1.54) is 0 Å². The Morgan fingerprint density at radius 2 is 2.00 bits per heavy atom. The summed E-state index contributed by atoms with van der Waals surface area (Å²) in [6.45, 7) is 9.36. The highest BCUT2D eigenvalue weighted by molar-refractivity contribution is 5.96. The molecule has 0 spiro atoms. The Bertz CT molecular complexity index is 236. The third-order valence-corrected chi connectivity index (χ3v) is 2.45. The first kappa shape index (κ1) is 10.3. The number of carbonyl (C=O) groups is 1. The molecule has 0 aliphatic carbocycles. The fourth-order valence-electron chi connectivity index (χ4n) is 1.88. The topological polar surface area (TPSA) is 20.3 Å². The monoisotopic (exact) mass is 181 g/mol. The van der Waals surface area contributed by atoms with Crippen molar-refractivity contribution in [1.82, 2.24) is 4.90 Å². The molecule has 0 aromatic rings. The Balaban J connectivity index is 2.94. The number of likely N-dealkylation sites (tertiary alicyclic amines) is 1. The van der Waals surface area contributed by atoms with Crippen molar-refractivity contribution in [3.05, 3.63) is 11.3 Å². The molecule has 1 heterocycles. The number of hydrogen-bond acceptors (Lipinski definition) is 2. The van der Waals surface area contributed by atoms with E-state index in [1.54, 1.807) is 0 Å². The van der Waals surface area contributed by atoms with Gasteiger partial charge in [0, 0.05) is 19.0 Å². The predicted molar refractivity (Wildman–Crippen MR) is 54.5 cm³/mol. The van der Waals surface area contributed by atoms with Crippen LogP contribution < -0.4 is 0 Å². The summed E-state index contributed by atoms with van der Waals surface area (Å²) in [4.78, 5) is 13.9.